The number of carbonyl (C=O) groups excluding carboxylic acids is 1. The molecule has 1 aromatic carbocycles. The molecule has 0 heterocycles. The van der Waals surface area contributed by atoms with Crippen LogP contribution in [0, 0.1) is 0 Å². The zero-order chi connectivity index (χ0) is 15.4. The Bertz CT molecular complexity index is 492. The second-order valence-electron chi connectivity index (χ2n) is 5.24. The number of urea groups is 1. The maximum atomic E-state index is 12.6. The lowest BCUT2D eigenvalue weighted by molar-refractivity contribution is 0.0994. The van der Waals surface area contributed by atoms with Crippen LogP contribution in [0.15, 0.2) is 24.3 Å². The van der Waals surface area contributed by atoms with Crippen LogP contribution in [0.5, 0.6) is 0 Å². The van der Waals surface area contributed by atoms with Gasteiger partial charge in [-0.2, -0.15) is 0 Å². The van der Waals surface area contributed by atoms with Crippen LogP contribution in [-0.4, -0.2) is 43.5 Å². The highest BCUT2D eigenvalue weighted by molar-refractivity contribution is 5.93. The molecule has 0 aromatic heterocycles. The topological polar surface area (TPSA) is 35.6 Å². The predicted molar refractivity (Wildman–Crippen MR) is 80.1 cm³/mol. The molecule has 2 rings (SSSR count). The summed E-state index contributed by atoms with van der Waals surface area (Å²) < 4.78 is 25.2. The summed E-state index contributed by atoms with van der Waals surface area (Å²) in [5.41, 5.74) is 1.52. The van der Waals surface area contributed by atoms with Gasteiger partial charge in [0.25, 0.3) is 6.43 Å². The van der Waals surface area contributed by atoms with Crippen LogP contribution in [0.3, 0.4) is 0 Å². The molecule has 116 valence electrons. The van der Waals surface area contributed by atoms with Gasteiger partial charge in [-0.25, -0.2) is 13.6 Å². The Balaban J connectivity index is 2.11. The molecule has 0 aliphatic heterocycles. The Morgan fingerprint density at radius 1 is 1.38 bits per heavy atom. The van der Waals surface area contributed by atoms with Gasteiger partial charge in [0.05, 0.1) is 17.9 Å². The van der Waals surface area contributed by atoms with Crippen LogP contribution in [0.1, 0.15) is 19.8 Å². The number of para-hydroxylation sites is 2. The molecule has 21 heavy (non-hydrogen) atoms. The fourth-order valence-corrected chi connectivity index (χ4v) is 2.20. The van der Waals surface area contributed by atoms with Gasteiger partial charge in [0.15, 0.2) is 0 Å². The van der Waals surface area contributed by atoms with Crippen molar-refractivity contribution in [2.24, 2.45) is 0 Å². The van der Waals surface area contributed by atoms with Crippen LogP contribution < -0.4 is 10.2 Å². The number of anilines is 2. The van der Waals surface area contributed by atoms with Crippen molar-refractivity contribution in [1.29, 1.82) is 0 Å². The molecule has 6 heteroatoms. The molecule has 0 saturated heterocycles. The van der Waals surface area contributed by atoms with Gasteiger partial charge in [-0.05, 0) is 31.9 Å². The highest BCUT2D eigenvalue weighted by Crippen LogP contribution is 2.30. The van der Waals surface area contributed by atoms with Crippen LogP contribution in [0.25, 0.3) is 0 Å². The fourth-order valence-electron chi connectivity index (χ4n) is 2.20. The molecule has 1 aliphatic rings. The van der Waals surface area contributed by atoms with Gasteiger partial charge < -0.3 is 15.1 Å². The van der Waals surface area contributed by atoms with Crippen LogP contribution in [-0.2, 0) is 0 Å². The van der Waals surface area contributed by atoms with Crippen molar-refractivity contribution in [3.05, 3.63) is 24.3 Å². The number of hydrogen-bond acceptors (Lipinski definition) is 2. The predicted octanol–water partition coefficient (Wildman–Crippen LogP) is 3.40. The van der Waals surface area contributed by atoms with Crippen molar-refractivity contribution < 1.29 is 13.6 Å². The SMILES string of the molecule is CCN(C)c1ccccc1NC(=O)N(CC(F)F)C1CC1. The molecule has 0 radical (unpaired) electrons. The second-order valence-corrected chi connectivity index (χ2v) is 5.24. The minimum atomic E-state index is -2.51. The van der Waals surface area contributed by atoms with Crippen molar-refractivity contribution in [1.82, 2.24) is 4.90 Å². The van der Waals surface area contributed by atoms with Crippen molar-refractivity contribution in [2.75, 3.05) is 30.4 Å². The summed E-state index contributed by atoms with van der Waals surface area (Å²) in [6, 6.07) is 6.89. The number of amides is 2. The number of alkyl halides is 2. The lowest BCUT2D eigenvalue weighted by Gasteiger charge is -2.25. The average Bonchev–Trinajstić information content (AvgIpc) is 3.28. The van der Waals surface area contributed by atoms with E-state index in [-0.39, 0.29) is 6.04 Å². The Morgan fingerprint density at radius 3 is 2.62 bits per heavy atom. The highest BCUT2D eigenvalue weighted by Gasteiger charge is 2.34. The first-order valence-electron chi connectivity index (χ1n) is 7.18. The van der Waals surface area contributed by atoms with Crippen molar-refractivity contribution in [3.8, 4) is 0 Å². The average molecular weight is 297 g/mol. The number of halogens is 2. The quantitative estimate of drug-likeness (QED) is 0.873. The number of nitrogens with one attached hydrogen (secondary N) is 1. The summed E-state index contributed by atoms with van der Waals surface area (Å²) in [6.07, 6.45) is -0.905. The van der Waals surface area contributed by atoms with Crippen molar-refractivity contribution >= 4 is 17.4 Å². The molecule has 0 spiro atoms. The normalized spacial score (nSPS) is 14.1. The molecule has 0 atom stereocenters. The first-order valence-corrected chi connectivity index (χ1v) is 7.18. The maximum absolute atomic E-state index is 12.6. The van der Waals surface area contributed by atoms with E-state index in [0.29, 0.717) is 5.69 Å². The third kappa shape index (κ3) is 4.06. The molecule has 1 aliphatic carbocycles. The number of rotatable bonds is 6. The highest BCUT2D eigenvalue weighted by atomic mass is 19.3. The van der Waals surface area contributed by atoms with E-state index >= 15 is 0 Å². The number of nitrogens with zero attached hydrogens (tertiary/aromatic N) is 2. The summed E-state index contributed by atoms with van der Waals surface area (Å²) >= 11 is 0. The lowest BCUT2D eigenvalue weighted by Crippen LogP contribution is -2.40. The Hall–Kier alpha value is -1.85. The molecular formula is C15H21F2N3O. The molecule has 1 saturated carbocycles. The Labute approximate surface area is 123 Å². The smallest absolute Gasteiger partial charge is 0.322 e. The molecular weight excluding hydrogens is 276 g/mol. The minimum Gasteiger partial charge on any atom is -0.373 e. The second kappa shape index (κ2) is 6.74. The minimum absolute atomic E-state index is 0.0462. The van der Waals surface area contributed by atoms with Crippen LogP contribution >= 0.6 is 0 Å². The molecule has 4 nitrogen and oxygen atoms in total. The van der Waals surface area contributed by atoms with Gasteiger partial charge in [0.2, 0.25) is 0 Å². The summed E-state index contributed by atoms with van der Waals surface area (Å²) in [5, 5.41) is 2.76. The number of hydrogen-bond donors (Lipinski definition) is 1. The van der Waals surface area contributed by atoms with Crippen LogP contribution in [0.4, 0.5) is 25.0 Å². The van der Waals surface area contributed by atoms with E-state index in [1.54, 1.807) is 6.07 Å². The lowest BCUT2D eigenvalue weighted by atomic mass is 10.2. The van der Waals surface area contributed by atoms with Gasteiger partial charge in [0.1, 0.15) is 0 Å². The van der Waals surface area contributed by atoms with Gasteiger partial charge in [-0.1, -0.05) is 12.1 Å². The Morgan fingerprint density at radius 2 is 2.05 bits per heavy atom. The largest absolute Gasteiger partial charge is 0.373 e. The zero-order valence-electron chi connectivity index (χ0n) is 12.4. The summed E-state index contributed by atoms with van der Waals surface area (Å²) in [5.74, 6) is 0. The standard InChI is InChI=1S/C15H21F2N3O/c1-3-19(2)13-7-5-4-6-12(13)18-15(21)20(10-14(16)17)11-8-9-11/h4-7,11,14H,3,8-10H2,1-2H3,(H,18,21). The first kappa shape index (κ1) is 15.5. The molecule has 1 N–H and O–H groups in total. The molecule has 0 bridgehead atoms. The van der Waals surface area contributed by atoms with Crippen molar-refractivity contribution in [2.45, 2.75) is 32.2 Å². The third-order valence-electron chi connectivity index (χ3n) is 3.61. The number of benzene rings is 1. The van der Waals surface area contributed by atoms with E-state index in [0.717, 1.165) is 25.1 Å². The van der Waals surface area contributed by atoms with Crippen molar-refractivity contribution in [3.63, 3.8) is 0 Å². The summed E-state index contributed by atoms with van der Waals surface area (Å²) in [4.78, 5) is 15.5. The molecule has 0 unspecified atom stereocenters. The van der Waals surface area contributed by atoms with E-state index in [1.807, 2.05) is 37.1 Å². The first-order chi connectivity index (χ1) is 10.0. The van der Waals surface area contributed by atoms with Crippen LogP contribution in [0.2, 0.25) is 0 Å². The van der Waals surface area contributed by atoms with Gasteiger partial charge in [-0.15, -0.1) is 0 Å². The van der Waals surface area contributed by atoms with Gasteiger partial charge >= 0.3 is 6.03 Å². The van der Waals surface area contributed by atoms with Gasteiger partial charge in [-0.3, -0.25) is 0 Å². The summed E-state index contributed by atoms with van der Waals surface area (Å²) in [6.45, 7) is 2.28. The van der Waals surface area contributed by atoms with E-state index < -0.39 is 19.0 Å². The molecule has 2 amide bonds. The van der Waals surface area contributed by atoms with Gasteiger partial charge in [0, 0.05) is 19.6 Å². The van der Waals surface area contributed by atoms with E-state index in [1.165, 1.54) is 4.90 Å². The van der Waals surface area contributed by atoms with E-state index in [2.05, 4.69) is 5.32 Å². The monoisotopic (exact) mass is 297 g/mol. The fraction of sp³-hybridized carbons (Fsp3) is 0.533. The molecule has 1 fully saturated rings. The molecule has 1 aromatic rings. The Kier molecular flexibility index (Phi) is 4.98. The zero-order valence-corrected chi connectivity index (χ0v) is 12.4. The maximum Gasteiger partial charge on any atom is 0.322 e. The van der Waals surface area contributed by atoms with E-state index in [9.17, 15) is 13.6 Å². The number of carbonyl (C=O) groups is 1. The third-order valence-corrected chi connectivity index (χ3v) is 3.61. The summed E-state index contributed by atoms with van der Waals surface area (Å²) in [7, 11) is 1.92. The van der Waals surface area contributed by atoms with E-state index in [4.69, 9.17) is 0 Å².